The van der Waals surface area contributed by atoms with Crippen LogP contribution in [-0.4, -0.2) is 68.0 Å². The summed E-state index contributed by atoms with van der Waals surface area (Å²) in [5.41, 5.74) is 3.95. The molecule has 2 aromatic rings. The van der Waals surface area contributed by atoms with Gasteiger partial charge in [0.25, 0.3) is 5.69 Å². The monoisotopic (exact) mass is 497 g/mol. The number of hydrogen-bond donors (Lipinski definition) is 1. The lowest BCUT2D eigenvalue weighted by Gasteiger charge is -2.34. The van der Waals surface area contributed by atoms with Crippen LogP contribution in [0.1, 0.15) is 33.9 Å². The first-order chi connectivity index (χ1) is 15.9. The third kappa shape index (κ3) is 4.61. The Morgan fingerprint density at radius 1 is 1.26 bits per heavy atom. The minimum atomic E-state index is -1.69. The first kappa shape index (κ1) is 25.2. The molecule has 0 spiro atoms. The standard InChI is InChI=1S/C19H23N5O9S/c1-8(25)30-7-12-14(31-9(2)26)19(4,33-10(3)27)17(32-12)23-6-11(24(28)29)13-15(20)21-18(34-5)22-16(13)23/h6,12,14,17H,7H2,1-5H3,(H2,20,21,22)/t12-,14-,17?,19?/m1/s1. The summed E-state index contributed by atoms with van der Waals surface area (Å²) in [5, 5.41) is 12.0. The molecule has 1 aliphatic rings. The maximum Gasteiger partial charge on any atom is 0.303 e. The summed E-state index contributed by atoms with van der Waals surface area (Å²) in [7, 11) is 0. The van der Waals surface area contributed by atoms with Gasteiger partial charge in [-0.3, -0.25) is 29.1 Å². The molecule has 15 heteroatoms. The number of aromatic nitrogens is 3. The van der Waals surface area contributed by atoms with Crippen molar-refractivity contribution >= 4 is 52.2 Å². The van der Waals surface area contributed by atoms with Crippen LogP contribution in [0.2, 0.25) is 0 Å². The van der Waals surface area contributed by atoms with Gasteiger partial charge >= 0.3 is 17.9 Å². The van der Waals surface area contributed by atoms with E-state index in [2.05, 4.69) is 9.97 Å². The number of nitrogens with two attached hydrogens (primary N) is 1. The fourth-order valence-corrected chi connectivity index (χ4v) is 4.25. The van der Waals surface area contributed by atoms with Gasteiger partial charge in [0, 0.05) is 20.8 Å². The van der Waals surface area contributed by atoms with E-state index in [0.29, 0.717) is 0 Å². The van der Waals surface area contributed by atoms with E-state index in [1.54, 1.807) is 6.26 Å². The Balaban J connectivity index is 2.25. The van der Waals surface area contributed by atoms with Crippen LogP contribution in [0.5, 0.6) is 0 Å². The molecule has 0 amide bonds. The number of hydrogen-bond acceptors (Lipinski definition) is 13. The van der Waals surface area contributed by atoms with Crippen molar-refractivity contribution in [2.45, 2.75) is 56.9 Å². The zero-order chi connectivity index (χ0) is 25.4. The van der Waals surface area contributed by atoms with Crippen molar-refractivity contribution in [3.63, 3.8) is 0 Å². The van der Waals surface area contributed by atoms with Crippen molar-refractivity contribution in [1.82, 2.24) is 14.5 Å². The number of rotatable bonds is 7. The van der Waals surface area contributed by atoms with Crippen LogP contribution in [0, 0.1) is 10.1 Å². The zero-order valence-electron chi connectivity index (χ0n) is 19.0. The van der Waals surface area contributed by atoms with Crippen molar-refractivity contribution in [2.24, 2.45) is 0 Å². The van der Waals surface area contributed by atoms with Gasteiger partial charge in [0.2, 0.25) is 0 Å². The van der Waals surface area contributed by atoms with Crippen molar-refractivity contribution < 1.29 is 38.3 Å². The van der Waals surface area contributed by atoms with E-state index in [-0.39, 0.29) is 28.6 Å². The number of nitro groups is 1. The van der Waals surface area contributed by atoms with E-state index in [9.17, 15) is 24.5 Å². The number of nitrogen functional groups attached to an aromatic ring is 1. The summed E-state index contributed by atoms with van der Waals surface area (Å²) in [5.74, 6) is -2.18. The van der Waals surface area contributed by atoms with Crippen molar-refractivity contribution in [1.29, 1.82) is 0 Å². The molecule has 34 heavy (non-hydrogen) atoms. The predicted octanol–water partition coefficient (Wildman–Crippen LogP) is 1.36. The topological polar surface area (TPSA) is 188 Å². The molecule has 1 saturated heterocycles. The number of carbonyl (C=O) groups is 3. The molecule has 184 valence electrons. The highest BCUT2D eigenvalue weighted by Crippen LogP contribution is 2.46. The Hall–Kier alpha value is -3.46. The molecule has 3 heterocycles. The van der Waals surface area contributed by atoms with Crippen molar-refractivity contribution in [2.75, 3.05) is 18.6 Å². The lowest BCUT2D eigenvalue weighted by atomic mass is 9.95. The maximum absolute atomic E-state index is 12.0. The summed E-state index contributed by atoms with van der Waals surface area (Å²) in [6.07, 6.45) is -0.748. The first-order valence-corrected chi connectivity index (χ1v) is 11.1. The predicted molar refractivity (Wildman–Crippen MR) is 117 cm³/mol. The van der Waals surface area contributed by atoms with Crippen LogP contribution in [-0.2, 0) is 33.3 Å². The third-order valence-electron chi connectivity index (χ3n) is 5.10. The highest BCUT2D eigenvalue weighted by molar-refractivity contribution is 7.98. The van der Waals surface area contributed by atoms with Crippen LogP contribution < -0.4 is 5.73 Å². The number of anilines is 1. The number of esters is 3. The highest BCUT2D eigenvalue weighted by atomic mass is 32.2. The number of thioether (sulfide) groups is 1. The smallest absolute Gasteiger partial charge is 0.303 e. The van der Waals surface area contributed by atoms with Gasteiger partial charge in [-0.25, -0.2) is 9.97 Å². The Morgan fingerprint density at radius 2 is 1.94 bits per heavy atom. The van der Waals surface area contributed by atoms with Gasteiger partial charge in [-0.05, 0) is 13.2 Å². The average molecular weight is 497 g/mol. The average Bonchev–Trinajstić information content (AvgIpc) is 3.22. The van der Waals surface area contributed by atoms with E-state index in [4.69, 9.17) is 24.7 Å². The molecule has 0 aliphatic carbocycles. The van der Waals surface area contributed by atoms with Gasteiger partial charge in [-0.2, -0.15) is 0 Å². The molecule has 0 aromatic carbocycles. The van der Waals surface area contributed by atoms with Crippen molar-refractivity contribution in [3.05, 3.63) is 16.3 Å². The molecule has 0 bridgehead atoms. The van der Waals surface area contributed by atoms with E-state index in [1.165, 1.54) is 18.4 Å². The summed E-state index contributed by atoms with van der Waals surface area (Å²) in [6, 6.07) is 0. The molecule has 1 fully saturated rings. The molecule has 2 N–H and O–H groups in total. The summed E-state index contributed by atoms with van der Waals surface area (Å²) >= 11 is 1.16. The number of fused-ring (bicyclic) bond motifs is 1. The summed E-state index contributed by atoms with van der Waals surface area (Å²) < 4.78 is 23.4. The number of nitrogens with zero attached hydrogens (tertiary/aromatic N) is 4. The second kappa shape index (κ2) is 9.42. The second-order valence-corrected chi connectivity index (χ2v) is 8.38. The van der Waals surface area contributed by atoms with Crippen LogP contribution in [0.4, 0.5) is 11.5 Å². The minimum absolute atomic E-state index is 0.0379. The molecular weight excluding hydrogens is 474 g/mol. The molecule has 0 saturated carbocycles. The van der Waals surface area contributed by atoms with Gasteiger partial charge in [-0.1, -0.05) is 11.8 Å². The Bertz CT molecular complexity index is 1170. The highest BCUT2D eigenvalue weighted by Gasteiger charge is 2.60. The van der Waals surface area contributed by atoms with Gasteiger partial charge < -0.3 is 24.7 Å². The van der Waals surface area contributed by atoms with Gasteiger partial charge in [0.05, 0.1) is 11.1 Å². The van der Waals surface area contributed by atoms with Crippen LogP contribution in [0.25, 0.3) is 11.0 Å². The number of carbonyl (C=O) groups excluding carboxylic acids is 3. The Morgan fingerprint density at radius 3 is 2.47 bits per heavy atom. The minimum Gasteiger partial charge on any atom is -0.463 e. The second-order valence-electron chi connectivity index (χ2n) is 7.61. The molecule has 1 aliphatic heterocycles. The van der Waals surface area contributed by atoms with Gasteiger partial charge in [0.15, 0.2) is 28.7 Å². The fourth-order valence-electron chi connectivity index (χ4n) is 3.88. The maximum atomic E-state index is 12.0. The molecular formula is C19H23N5O9S. The summed E-state index contributed by atoms with van der Waals surface area (Å²) in [4.78, 5) is 54.8. The Labute approximate surface area is 197 Å². The SMILES string of the molecule is CSc1nc(N)c2c([N+](=O)[O-])cn(C3O[C@H](COC(C)=O)[C@@H](OC(C)=O)C3(C)OC(C)=O)c2n1. The molecule has 0 radical (unpaired) electrons. The van der Waals surface area contributed by atoms with Crippen molar-refractivity contribution in [3.8, 4) is 0 Å². The van der Waals surface area contributed by atoms with Crippen LogP contribution >= 0.6 is 11.8 Å². The van der Waals surface area contributed by atoms with E-state index in [0.717, 1.165) is 31.8 Å². The quantitative estimate of drug-likeness (QED) is 0.144. The lowest BCUT2D eigenvalue weighted by molar-refractivity contribution is -0.383. The van der Waals surface area contributed by atoms with E-state index >= 15 is 0 Å². The van der Waals surface area contributed by atoms with E-state index < -0.39 is 52.6 Å². The molecule has 2 aromatic heterocycles. The van der Waals surface area contributed by atoms with Crippen LogP contribution in [0.3, 0.4) is 0 Å². The molecule has 2 unspecified atom stereocenters. The Kier molecular flexibility index (Phi) is 6.97. The summed E-state index contributed by atoms with van der Waals surface area (Å²) in [6.45, 7) is 4.59. The van der Waals surface area contributed by atoms with Crippen LogP contribution in [0.15, 0.2) is 11.4 Å². The third-order valence-corrected chi connectivity index (χ3v) is 5.64. The fraction of sp³-hybridized carbons (Fsp3) is 0.526. The normalized spacial score (nSPS) is 24.1. The first-order valence-electron chi connectivity index (χ1n) is 9.91. The zero-order valence-corrected chi connectivity index (χ0v) is 19.8. The van der Waals surface area contributed by atoms with Gasteiger partial charge in [0.1, 0.15) is 23.9 Å². The lowest BCUT2D eigenvalue weighted by Crippen LogP contribution is -2.50. The largest absolute Gasteiger partial charge is 0.463 e. The van der Waals surface area contributed by atoms with E-state index in [1.807, 2.05) is 0 Å². The molecule has 14 nitrogen and oxygen atoms in total. The number of ether oxygens (including phenoxy) is 4. The molecule has 4 atom stereocenters. The van der Waals surface area contributed by atoms with Gasteiger partial charge in [-0.15, -0.1) is 0 Å². The molecule has 3 rings (SSSR count).